The van der Waals surface area contributed by atoms with Crippen LogP contribution in [0.4, 0.5) is 0 Å². The van der Waals surface area contributed by atoms with Crippen molar-refractivity contribution in [3.05, 3.63) is 29.8 Å². The van der Waals surface area contributed by atoms with Crippen molar-refractivity contribution in [3.8, 4) is 5.75 Å². The predicted octanol–water partition coefficient (Wildman–Crippen LogP) is 2.87. The average molecular weight is 531 g/mol. The quantitative estimate of drug-likeness (QED) is 0.307. The Bertz CT molecular complexity index is 686. The van der Waals surface area contributed by atoms with E-state index < -0.39 is 0 Å². The van der Waals surface area contributed by atoms with Crippen molar-refractivity contribution >= 4 is 35.8 Å². The summed E-state index contributed by atoms with van der Waals surface area (Å²) in [7, 11) is 3.49. The third-order valence-corrected chi connectivity index (χ3v) is 5.13. The van der Waals surface area contributed by atoms with Crippen molar-refractivity contribution in [2.24, 2.45) is 4.99 Å². The van der Waals surface area contributed by atoms with E-state index in [4.69, 9.17) is 4.74 Å². The third kappa shape index (κ3) is 7.94. The van der Waals surface area contributed by atoms with Gasteiger partial charge in [-0.2, -0.15) is 0 Å². The molecule has 1 amide bonds. The molecule has 0 saturated carbocycles. The number of fused-ring (bicyclic) bond motifs is 1. The molecule has 1 heterocycles. The molecule has 1 aliphatic rings. The first-order chi connectivity index (χ1) is 13.8. The normalized spacial score (nSPS) is 16.0. The smallest absolute Gasteiger partial charge is 0.243 e. The Balaban J connectivity index is 0.00000450. The molecule has 170 valence electrons. The fourth-order valence-corrected chi connectivity index (χ4v) is 3.51. The molecule has 1 aromatic rings. The second-order valence-corrected chi connectivity index (χ2v) is 8.18. The minimum atomic E-state index is -0.0236. The van der Waals surface area contributed by atoms with Crippen LogP contribution >= 0.6 is 24.0 Å². The number of hydrogen-bond donors (Lipinski definition) is 2. The van der Waals surface area contributed by atoms with Crippen LogP contribution in [-0.2, 0) is 4.79 Å². The second kappa shape index (κ2) is 13.0. The monoisotopic (exact) mass is 531 g/mol. The summed E-state index contributed by atoms with van der Waals surface area (Å²) in [5.41, 5.74) is 1.12. The van der Waals surface area contributed by atoms with Gasteiger partial charge in [0, 0.05) is 51.3 Å². The molecular formula is C22H38IN5O2. The Morgan fingerprint density at radius 2 is 1.87 bits per heavy atom. The maximum absolute atomic E-state index is 12.0. The molecule has 30 heavy (non-hydrogen) atoms. The van der Waals surface area contributed by atoms with E-state index in [1.807, 2.05) is 18.2 Å². The molecule has 0 fully saturated rings. The lowest BCUT2D eigenvalue weighted by Crippen LogP contribution is -2.46. The number of ether oxygens (including phenoxy) is 1. The van der Waals surface area contributed by atoms with Crippen LogP contribution in [0.25, 0.3) is 0 Å². The lowest BCUT2D eigenvalue weighted by Gasteiger charge is -2.31. The van der Waals surface area contributed by atoms with Gasteiger partial charge in [-0.25, -0.2) is 4.99 Å². The van der Waals surface area contributed by atoms with Crippen LogP contribution in [0.15, 0.2) is 29.3 Å². The summed E-state index contributed by atoms with van der Waals surface area (Å²) in [6.07, 6.45) is 0.851. The second-order valence-electron chi connectivity index (χ2n) is 8.18. The number of rotatable bonds is 8. The molecule has 0 saturated heterocycles. The number of amides is 1. The highest BCUT2D eigenvalue weighted by atomic mass is 127. The van der Waals surface area contributed by atoms with E-state index in [9.17, 15) is 4.79 Å². The number of carbonyl (C=O) groups is 1. The van der Waals surface area contributed by atoms with E-state index in [1.54, 1.807) is 19.0 Å². The number of nitrogens with zero attached hydrogens (tertiary/aromatic N) is 3. The lowest BCUT2D eigenvalue weighted by atomic mass is 10.0. The van der Waals surface area contributed by atoms with Crippen molar-refractivity contribution in [3.63, 3.8) is 0 Å². The predicted molar refractivity (Wildman–Crippen MR) is 134 cm³/mol. The number of aliphatic imine (C=N–C) groups is 1. The Hall–Kier alpha value is -1.55. The van der Waals surface area contributed by atoms with Gasteiger partial charge in [0.15, 0.2) is 5.96 Å². The van der Waals surface area contributed by atoms with Gasteiger partial charge in [-0.05, 0) is 33.8 Å². The van der Waals surface area contributed by atoms with Crippen LogP contribution in [0, 0.1) is 0 Å². The molecule has 1 atom stereocenters. The van der Waals surface area contributed by atoms with Crippen molar-refractivity contribution in [2.75, 3.05) is 40.3 Å². The first-order valence-electron chi connectivity index (χ1n) is 10.5. The highest BCUT2D eigenvalue weighted by molar-refractivity contribution is 14.0. The van der Waals surface area contributed by atoms with E-state index in [2.05, 4.69) is 54.3 Å². The molecule has 0 radical (unpaired) electrons. The third-order valence-electron chi connectivity index (χ3n) is 5.13. The Morgan fingerprint density at radius 3 is 2.50 bits per heavy atom. The number of carbonyl (C=O) groups excluding carboxylic acids is 1. The summed E-state index contributed by atoms with van der Waals surface area (Å²) in [4.78, 5) is 20.6. The van der Waals surface area contributed by atoms with Gasteiger partial charge >= 0.3 is 0 Å². The van der Waals surface area contributed by atoms with Gasteiger partial charge in [0.2, 0.25) is 5.91 Å². The largest absolute Gasteiger partial charge is 0.493 e. The minimum absolute atomic E-state index is 0. The van der Waals surface area contributed by atoms with Crippen molar-refractivity contribution < 1.29 is 9.53 Å². The summed E-state index contributed by atoms with van der Waals surface area (Å²) in [5.74, 6) is 1.55. The SMILES string of the molecule is CC(C)N(CCNC(=NCC(=O)N(C)C)NC1CCOc2ccccc21)C(C)C.I. The zero-order valence-corrected chi connectivity index (χ0v) is 21.5. The lowest BCUT2D eigenvalue weighted by molar-refractivity contribution is -0.127. The van der Waals surface area contributed by atoms with Gasteiger partial charge in [0.25, 0.3) is 0 Å². The van der Waals surface area contributed by atoms with E-state index in [0.29, 0.717) is 24.7 Å². The maximum atomic E-state index is 12.0. The highest BCUT2D eigenvalue weighted by Crippen LogP contribution is 2.31. The standard InChI is InChI=1S/C22H37N5O2.HI/c1-16(2)27(17(3)4)13-12-23-22(24-15-21(28)26(5)6)25-19-11-14-29-20-10-8-7-9-18(19)20;/h7-10,16-17,19H,11-15H2,1-6H3,(H2,23,24,25);1H. The van der Waals surface area contributed by atoms with Gasteiger partial charge in [-0.3, -0.25) is 9.69 Å². The van der Waals surface area contributed by atoms with Crippen LogP contribution in [0.3, 0.4) is 0 Å². The highest BCUT2D eigenvalue weighted by Gasteiger charge is 2.22. The summed E-state index contributed by atoms with van der Waals surface area (Å²) in [6, 6.07) is 9.12. The Labute approximate surface area is 198 Å². The van der Waals surface area contributed by atoms with Crippen LogP contribution in [0.1, 0.15) is 45.7 Å². The van der Waals surface area contributed by atoms with Crippen LogP contribution in [-0.4, -0.2) is 74.1 Å². The van der Waals surface area contributed by atoms with E-state index in [-0.39, 0.29) is 42.5 Å². The zero-order chi connectivity index (χ0) is 21.4. The molecule has 7 nitrogen and oxygen atoms in total. The maximum Gasteiger partial charge on any atom is 0.243 e. The Kier molecular flexibility index (Phi) is 11.5. The van der Waals surface area contributed by atoms with Crippen molar-refractivity contribution in [2.45, 2.75) is 52.2 Å². The van der Waals surface area contributed by atoms with Crippen LogP contribution in [0.2, 0.25) is 0 Å². The molecular weight excluding hydrogens is 493 g/mol. The molecule has 0 spiro atoms. The zero-order valence-electron chi connectivity index (χ0n) is 19.1. The number of para-hydroxylation sites is 1. The van der Waals surface area contributed by atoms with E-state index in [0.717, 1.165) is 30.8 Å². The molecule has 2 N–H and O–H groups in total. The molecule has 0 aromatic heterocycles. The van der Waals surface area contributed by atoms with Crippen molar-refractivity contribution in [1.82, 2.24) is 20.4 Å². The van der Waals surface area contributed by atoms with Gasteiger partial charge in [-0.1, -0.05) is 18.2 Å². The fourth-order valence-electron chi connectivity index (χ4n) is 3.51. The molecule has 1 aliphatic heterocycles. The fraction of sp³-hybridized carbons (Fsp3) is 0.636. The van der Waals surface area contributed by atoms with E-state index >= 15 is 0 Å². The molecule has 8 heteroatoms. The number of halogens is 1. The molecule has 0 bridgehead atoms. The van der Waals surface area contributed by atoms with Crippen molar-refractivity contribution in [1.29, 1.82) is 0 Å². The van der Waals surface area contributed by atoms with E-state index in [1.165, 1.54) is 0 Å². The van der Waals surface area contributed by atoms with Gasteiger partial charge in [0.1, 0.15) is 12.3 Å². The average Bonchev–Trinajstić information content (AvgIpc) is 2.68. The molecule has 1 aromatic carbocycles. The molecule has 1 unspecified atom stereocenters. The first-order valence-corrected chi connectivity index (χ1v) is 10.5. The van der Waals surface area contributed by atoms with Gasteiger partial charge in [-0.15, -0.1) is 24.0 Å². The number of likely N-dealkylation sites (N-methyl/N-ethyl adjacent to an activating group) is 1. The minimum Gasteiger partial charge on any atom is -0.493 e. The first kappa shape index (κ1) is 26.5. The topological polar surface area (TPSA) is 69.2 Å². The van der Waals surface area contributed by atoms with Gasteiger partial charge in [0.05, 0.1) is 12.6 Å². The molecule has 2 rings (SSSR count). The summed E-state index contributed by atoms with van der Waals surface area (Å²) in [5, 5.41) is 6.93. The number of benzene rings is 1. The number of hydrogen-bond acceptors (Lipinski definition) is 4. The number of nitrogens with one attached hydrogen (secondary N) is 2. The summed E-state index contributed by atoms with van der Waals surface area (Å²) >= 11 is 0. The summed E-state index contributed by atoms with van der Waals surface area (Å²) < 4.78 is 5.76. The molecule has 0 aliphatic carbocycles. The summed E-state index contributed by atoms with van der Waals surface area (Å²) in [6.45, 7) is 11.3. The number of guanidine groups is 1. The van der Waals surface area contributed by atoms with Gasteiger partial charge < -0.3 is 20.3 Å². The van der Waals surface area contributed by atoms with Crippen LogP contribution < -0.4 is 15.4 Å². The Morgan fingerprint density at radius 1 is 1.20 bits per heavy atom. The van der Waals surface area contributed by atoms with Crippen LogP contribution in [0.5, 0.6) is 5.75 Å².